The quantitative estimate of drug-likeness (QED) is 0.900. The minimum absolute atomic E-state index is 0.185. The van der Waals surface area contributed by atoms with Crippen LogP contribution in [0.2, 0.25) is 0 Å². The number of benzene rings is 1. The summed E-state index contributed by atoms with van der Waals surface area (Å²) in [7, 11) is 0. The van der Waals surface area contributed by atoms with Crippen molar-refractivity contribution in [3.8, 4) is 0 Å². The number of ether oxygens (including phenoxy) is 1. The zero-order chi connectivity index (χ0) is 17.9. The first-order valence-corrected chi connectivity index (χ1v) is 9.00. The minimum Gasteiger partial charge on any atom is -0.370 e. The fourth-order valence-corrected chi connectivity index (χ4v) is 3.54. The maximum absolute atomic E-state index is 14.0. The molecule has 1 aromatic carbocycles. The maximum atomic E-state index is 14.0. The molecule has 0 aliphatic carbocycles. The molecule has 0 radical (unpaired) electrons. The topological polar surface area (TPSA) is 72.3 Å². The Morgan fingerprint density at radius 1 is 1.27 bits per heavy atom. The monoisotopic (exact) mass is 359 g/mol. The van der Waals surface area contributed by atoms with Crippen molar-refractivity contribution in [3.63, 3.8) is 0 Å². The average Bonchev–Trinajstić information content (AvgIpc) is 3.19. The Morgan fingerprint density at radius 3 is 2.88 bits per heavy atom. The molecule has 2 fully saturated rings. The molecule has 0 saturated carbocycles. The van der Waals surface area contributed by atoms with E-state index in [4.69, 9.17) is 4.74 Å². The van der Waals surface area contributed by atoms with Crippen molar-refractivity contribution in [2.24, 2.45) is 0 Å². The van der Waals surface area contributed by atoms with Crippen molar-refractivity contribution >= 4 is 5.91 Å². The first kappa shape index (κ1) is 17.1. The van der Waals surface area contributed by atoms with Crippen molar-refractivity contribution < 1.29 is 13.9 Å². The Balaban J connectivity index is 1.46. The molecule has 0 bridgehead atoms. The normalized spacial score (nSPS) is 21.7. The molecule has 2 saturated heterocycles. The van der Waals surface area contributed by atoms with Crippen LogP contribution >= 0.6 is 0 Å². The van der Waals surface area contributed by atoms with Gasteiger partial charge < -0.3 is 15.0 Å². The Hall–Kier alpha value is -2.32. The molecular weight excluding hydrogens is 337 g/mol. The van der Waals surface area contributed by atoms with Crippen molar-refractivity contribution in [1.29, 1.82) is 0 Å². The van der Waals surface area contributed by atoms with Gasteiger partial charge in [-0.3, -0.25) is 4.79 Å². The van der Waals surface area contributed by atoms with Gasteiger partial charge in [0.05, 0.1) is 25.4 Å². The lowest BCUT2D eigenvalue weighted by Crippen LogP contribution is -2.42. The summed E-state index contributed by atoms with van der Waals surface area (Å²) in [5.74, 6) is -0.501. The maximum Gasteiger partial charge on any atom is 0.276 e. The van der Waals surface area contributed by atoms with Crippen LogP contribution in [0, 0.1) is 5.82 Å². The third-order valence-electron chi connectivity index (χ3n) is 5.02. The van der Waals surface area contributed by atoms with E-state index in [-0.39, 0.29) is 17.8 Å². The number of hydrogen-bond donors (Lipinski definition) is 1. The summed E-state index contributed by atoms with van der Waals surface area (Å²) >= 11 is 0. The highest BCUT2D eigenvalue weighted by Crippen LogP contribution is 2.25. The summed E-state index contributed by atoms with van der Waals surface area (Å²) in [5.41, 5.74) is 0.807. The van der Waals surface area contributed by atoms with Crippen molar-refractivity contribution in [1.82, 2.24) is 25.2 Å². The van der Waals surface area contributed by atoms with Gasteiger partial charge in [0.25, 0.3) is 5.91 Å². The average molecular weight is 359 g/mol. The minimum atomic E-state index is -0.464. The van der Waals surface area contributed by atoms with E-state index in [0.29, 0.717) is 31.0 Å². The molecule has 2 aromatic rings. The molecule has 2 aliphatic heterocycles. The Bertz CT molecular complexity index is 774. The highest BCUT2D eigenvalue weighted by molar-refractivity contribution is 5.92. The van der Waals surface area contributed by atoms with Crippen LogP contribution in [-0.4, -0.2) is 58.6 Å². The molecule has 26 heavy (non-hydrogen) atoms. The van der Waals surface area contributed by atoms with Gasteiger partial charge in [0.2, 0.25) is 0 Å². The molecule has 7 nitrogen and oxygen atoms in total. The molecule has 8 heteroatoms. The predicted molar refractivity (Wildman–Crippen MR) is 92.2 cm³/mol. The van der Waals surface area contributed by atoms with Gasteiger partial charge in [0.15, 0.2) is 5.69 Å². The fourth-order valence-electron chi connectivity index (χ4n) is 3.54. The van der Waals surface area contributed by atoms with Gasteiger partial charge in [-0.2, -0.15) is 0 Å². The summed E-state index contributed by atoms with van der Waals surface area (Å²) in [5, 5.41) is 11.5. The van der Waals surface area contributed by atoms with Crippen molar-refractivity contribution in [3.05, 3.63) is 47.5 Å². The van der Waals surface area contributed by atoms with E-state index < -0.39 is 6.10 Å². The number of piperidine rings is 1. The smallest absolute Gasteiger partial charge is 0.276 e. The molecule has 2 aliphatic rings. The van der Waals surface area contributed by atoms with E-state index in [1.165, 1.54) is 6.07 Å². The van der Waals surface area contributed by atoms with E-state index in [0.717, 1.165) is 25.9 Å². The van der Waals surface area contributed by atoms with Crippen LogP contribution in [0.5, 0.6) is 0 Å². The highest BCUT2D eigenvalue weighted by Gasteiger charge is 2.29. The predicted octanol–water partition coefficient (Wildman–Crippen LogP) is 1.56. The summed E-state index contributed by atoms with van der Waals surface area (Å²) in [6.07, 6.45) is 3.22. The second kappa shape index (κ2) is 7.51. The number of halogens is 1. The molecule has 4 rings (SSSR count). The number of nitrogens with zero attached hydrogens (tertiary/aromatic N) is 4. The molecule has 138 valence electrons. The zero-order valence-corrected chi connectivity index (χ0v) is 14.5. The molecule has 1 aromatic heterocycles. The van der Waals surface area contributed by atoms with Crippen molar-refractivity contribution in [2.45, 2.75) is 25.0 Å². The number of hydrogen-bond acceptors (Lipinski definition) is 5. The van der Waals surface area contributed by atoms with Gasteiger partial charge in [-0.05, 0) is 32.0 Å². The SMILES string of the molecule is O=C(c1cn(C2CCNCC2)nn1)N1CCO[C@H](c2ccccc2F)C1. The first-order valence-electron chi connectivity index (χ1n) is 9.00. The van der Waals surface area contributed by atoms with Crippen molar-refractivity contribution in [2.75, 3.05) is 32.8 Å². The molecule has 3 heterocycles. The van der Waals surface area contributed by atoms with E-state index >= 15 is 0 Å². The van der Waals surface area contributed by atoms with Crippen LogP contribution in [0.3, 0.4) is 0 Å². The van der Waals surface area contributed by atoms with Gasteiger partial charge in [-0.25, -0.2) is 9.07 Å². The second-order valence-electron chi connectivity index (χ2n) is 6.70. The third-order valence-corrected chi connectivity index (χ3v) is 5.02. The van der Waals surface area contributed by atoms with E-state index in [1.54, 1.807) is 34.0 Å². The van der Waals surface area contributed by atoms with Gasteiger partial charge in [0.1, 0.15) is 11.9 Å². The van der Waals surface area contributed by atoms with Crippen LogP contribution in [0.25, 0.3) is 0 Å². The number of rotatable bonds is 3. The lowest BCUT2D eigenvalue weighted by Gasteiger charge is -2.32. The van der Waals surface area contributed by atoms with Gasteiger partial charge in [-0.15, -0.1) is 5.10 Å². The number of amides is 1. The van der Waals surface area contributed by atoms with E-state index in [1.807, 2.05) is 0 Å². The van der Waals surface area contributed by atoms with Gasteiger partial charge >= 0.3 is 0 Å². The Kier molecular flexibility index (Phi) is 4.94. The highest BCUT2D eigenvalue weighted by atomic mass is 19.1. The number of aromatic nitrogens is 3. The summed E-state index contributed by atoms with van der Waals surface area (Å²) in [6.45, 7) is 3.03. The Morgan fingerprint density at radius 2 is 2.08 bits per heavy atom. The van der Waals surface area contributed by atoms with Crippen LogP contribution in [0.4, 0.5) is 4.39 Å². The zero-order valence-electron chi connectivity index (χ0n) is 14.5. The van der Waals surface area contributed by atoms with E-state index in [9.17, 15) is 9.18 Å². The number of carbonyl (C=O) groups excluding carboxylic acids is 1. The largest absolute Gasteiger partial charge is 0.370 e. The lowest BCUT2D eigenvalue weighted by molar-refractivity contribution is -0.0245. The van der Waals surface area contributed by atoms with Crippen LogP contribution in [-0.2, 0) is 4.74 Å². The summed E-state index contributed by atoms with van der Waals surface area (Å²) in [6, 6.07) is 6.79. The number of morpholine rings is 1. The standard InChI is InChI=1S/C18H22FN5O2/c19-15-4-2-1-3-14(15)17-12-23(9-10-26-17)18(25)16-11-24(22-21-16)13-5-7-20-8-6-13/h1-4,11,13,17,20H,5-10,12H2/t17-/m0/s1. The third kappa shape index (κ3) is 3.47. The fraction of sp³-hybridized carbons (Fsp3) is 0.500. The van der Waals surface area contributed by atoms with Crippen LogP contribution < -0.4 is 5.32 Å². The van der Waals surface area contributed by atoms with Gasteiger partial charge in [0, 0.05) is 12.1 Å². The second-order valence-corrected chi connectivity index (χ2v) is 6.70. The van der Waals surface area contributed by atoms with Crippen LogP contribution in [0.15, 0.2) is 30.5 Å². The molecule has 1 N–H and O–H groups in total. The van der Waals surface area contributed by atoms with E-state index in [2.05, 4.69) is 15.6 Å². The molecule has 1 atom stereocenters. The van der Waals surface area contributed by atoms with Crippen LogP contribution in [0.1, 0.15) is 41.0 Å². The summed E-state index contributed by atoms with van der Waals surface area (Å²) in [4.78, 5) is 14.5. The first-order chi connectivity index (χ1) is 12.7. The molecule has 0 unspecified atom stereocenters. The summed E-state index contributed by atoms with van der Waals surface area (Å²) < 4.78 is 21.5. The molecular formula is C18H22FN5O2. The number of carbonyl (C=O) groups is 1. The Labute approximate surface area is 151 Å². The molecule has 1 amide bonds. The number of nitrogens with one attached hydrogen (secondary N) is 1. The molecule has 0 spiro atoms. The van der Waals surface area contributed by atoms with Gasteiger partial charge in [-0.1, -0.05) is 23.4 Å². The lowest BCUT2D eigenvalue weighted by atomic mass is 10.1.